The van der Waals surface area contributed by atoms with Crippen LogP contribution in [0.2, 0.25) is 0 Å². The first-order valence-corrected chi connectivity index (χ1v) is 15.2. The number of allylic oxidation sites excluding steroid dienone is 1. The number of esters is 1. The molecule has 0 radical (unpaired) electrons. The van der Waals surface area contributed by atoms with Crippen LogP contribution in [0.25, 0.3) is 6.08 Å². The third kappa shape index (κ3) is 6.48. The lowest BCUT2D eigenvalue weighted by Gasteiger charge is -2.26. The molecule has 0 bridgehead atoms. The highest BCUT2D eigenvalue weighted by molar-refractivity contribution is 7.07. The summed E-state index contributed by atoms with van der Waals surface area (Å²) < 4.78 is 43.6. The van der Waals surface area contributed by atoms with E-state index in [-0.39, 0.29) is 30.2 Å². The summed E-state index contributed by atoms with van der Waals surface area (Å²) in [5, 5.41) is 0. The van der Waals surface area contributed by atoms with Crippen LogP contribution in [0.1, 0.15) is 43.5 Å². The molecule has 2 heterocycles. The van der Waals surface area contributed by atoms with Crippen molar-refractivity contribution in [2.24, 2.45) is 4.99 Å². The van der Waals surface area contributed by atoms with Crippen LogP contribution in [0.4, 0.5) is 4.39 Å². The summed E-state index contributed by atoms with van der Waals surface area (Å²) in [5.74, 6) is 0.987. The van der Waals surface area contributed by atoms with Crippen molar-refractivity contribution in [1.82, 2.24) is 4.57 Å². The van der Waals surface area contributed by atoms with Crippen molar-refractivity contribution < 1.29 is 32.9 Å². The molecule has 0 aliphatic carbocycles. The Kier molecular flexibility index (Phi) is 9.68. The number of carbonyl (C=O) groups excluding carboxylic acids is 1. The highest BCUT2D eigenvalue weighted by Crippen LogP contribution is 2.40. The molecule has 45 heavy (non-hydrogen) atoms. The molecule has 1 aromatic heterocycles. The summed E-state index contributed by atoms with van der Waals surface area (Å²) >= 11 is 1.21. The van der Waals surface area contributed by atoms with E-state index in [2.05, 4.69) is 4.99 Å². The van der Waals surface area contributed by atoms with E-state index in [9.17, 15) is 14.0 Å². The molecule has 0 amide bonds. The lowest BCUT2D eigenvalue weighted by molar-refractivity contribution is -0.139. The van der Waals surface area contributed by atoms with Crippen LogP contribution >= 0.6 is 11.3 Å². The lowest BCUT2D eigenvalue weighted by Crippen LogP contribution is -2.40. The molecule has 9 nitrogen and oxygen atoms in total. The number of hydrogen-bond donors (Lipinski definition) is 0. The fourth-order valence-corrected chi connectivity index (χ4v) is 6.13. The number of aromatic nitrogens is 1. The van der Waals surface area contributed by atoms with Crippen LogP contribution in [-0.4, -0.2) is 38.0 Å². The van der Waals surface area contributed by atoms with E-state index < -0.39 is 12.0 Å². The standard InChI is InChI=1S/C34H33FN2O7S/c1-6-42-31-24(9-8-10-26(31)40-4)30-29(33(39)43-7-2)20(3)36-34-37(30)32(38)28(45-34)18-22-13-16-25(27(17-22)41-5)44-19-21-11-14-23(35)15-12-21/h8-18,30H,6-7,19H2,1-5H3. The number of halogens is 1. The van der Waals surface area contributed by atoms with Crippen LogP contribution in [-0.2, 0) is 16.1 Å². The number of hydrogen-bond acceptors (Lipinski definition) is 9. The smallest absolute Gasteiger partial charge is 0.338 e. The van der Waals surface area contributed by atoms with Crippen molar-refractivity contribution >= 4 is 23.4 Å². The average molecular weight is 633 g/mol. The molecule has 1 atom stereocenters. The summed E-state index contributed by atoms with van der Waals surface area (Å²) in [6.07, 6.45) is 1.74. The summed E-state index contributed by atoms with van der Waals surface area (Å²) in [6.45, 7) is 6.04. The second-order valence-corrected chi connectivity index (χ2v) is 10.9. The fourth-order valence-electron chi connectivity index (χ4n) is 5.08. The van der Waals surface area contributed by atoms with Gasteiger partial charge in [-0.3, -0.25) is 9.36 Å². The first kappa shape index (κ1) is 31.5. The number of methoxy groups -OCH3 is 2. The van der Waals surface area contributed by atoms with Crippen molar-refractivity contribution in [2.45, 2.75) is 33.4 Å². The van der Waals surface area contributed by atoms with E-state index in [1.54, 1.807) is 56.3 Å². The number of carbonyl (C=O) groups is 1. The number of fused-ring (bicyclic) bond motifs is 1. The van der Waals surface area contributed by atoms with Gasteiger partial charge in [0.05, 0.1) is 43.2 Å². The number of ether oxygens (including phenoxy) is 5. The predicted octanol–water partition coefficient (Wildman–Crippen LogP) is 4.93. The topological polar surface area (TPSA) is 97.6 Å². The lowest BCUT2D eigenvalue weighted by atomic mass is 9.94. The molecule has 0 N–H and O–H groups in total. The van der Waals surface area contributed by atoms with Crippen molar-refractivity contribution in [1.29, 1.82) is 0 Å². The summed E-state index contributed by atoms with van der Waals surface area (Å²) in [7, 11) is 3.06. The highest BCUT2D eigenvalue weighted by atomic mass is 32.1. The van der Waals surface area contributed by atoms with Crippen molar-refractivity contribution in [3.8, 4) is 23.0 Å². The largest absolute Gasteiger partial charge is 0.493 e. The van der Waals surface area contributed by atoms with Crippen molar-refractivity contribution in [3.63, 3.8) is 0 Å². The number of para-hydroxylation sites is 1. The molecule has 234 valence electrons. The normalized spacial score (nSPS) is 14.4. The molecule has 0 fully saturated rings. The van der Waals surface area contributed by atoms with E-state index >= 15 is 0 Å². The fraction of sp³-hybridized carbons (Fsp3) is 0.265. The van der Waals surface area contributed by atoms with Gasteiger partial charge in [0, 0.05) is 5.56 Å². The summed E-state index contributed by atoms with van der Waals surface area (Å²) in [5.41, 5.74) is 2.43. The Morgan fingerprint density at radius 2 is 1.73 bits per heavy atom. The molecule has 5 rings (SSSR count). The van der Waals surface area contributed by atoms with Gasteiger partial charge >= 0.3 is 5.97 Å². The molecule has 0 saturated heterocycles. The Morgan fingerprint density at radius 1 is 0.978 bits per heavy atom. The molecule has 1 aliphatic heterocycles. The zero-order valence-electron chi connectivity index (χ0n) is 25.6. The van der Waals surface area contributed by atoms with Gasteiger partial charge in [0.25, 0.3) is 5.56 Å². The Balaban J connectivity index is 1.59. The number of thiazole rings is 1. The second-order valence-electron chi connectivity index (χ2n) is 9.94. The maximum atomic E-state index is 14.1. The van der Waals surface area contributed by atoms with Crippen LogP contribution in [0.5, 0.6) is 23.0 Å². The van der Waals surface area contributed by atoms with E-state index in [1.165, 1.54) is 42.3 Å². The van der Waals surface area contributed by atoms with E-state index in [0.29, 0.717) is 55.8 Å². The molecule has 1 aliphatic rings. The first-order valence-electron chi connectivity index (χ1n) is 14.3. The molecule has 4 aromatic rings. The van der Waals surface area contributed by atoms with Crippen LogP contribution in [0.15, 0.2) is 81.7 Å². The SMILES string of the molecule is CCOC(=O)C1=C(C)N=c2sc(=Cc3ccc(OCc4ccc(F)cc4)c(OC)c3)c(=O)n2C1c1cccc(OC)c1OCC. The highest BCUT2D eigenvalue weighted by Gasteiger charge is 2.36. The Labute approximate surface area is 263 Å². The molecule has 1 unspecified atom stereocenters. The van der Waals surface area contributed by atoms with Crippen molar-refractivity contribution in [2.75, 3.05) is 27.4 Å². The number of benzene rings is 3. The molecular formula is C34H33FN2O7S. The van der Waals surface area contributed by atoms with Crippen LogP contribution in [0, 0.1) is 5.82 Å². The molecule has 0 spiro atoms. The van der Waals surface area contributed by atoms with Crippen molar-refractivity contribution in [3.05, 3.63) is 114 Å². The molecule has 3 aromatic carbocycles. The summed E-state index contributed by atoms with van der Waals surface area (Å²) in [4.78, 5) is 32.5. The molecule has 0 saturated carbocycles. The van der Waals surface area contributed by atoms with Crippen LogP contribution < -0.4 is 33.8 Å². The zero-order valence-corrected chi connectivity index (χ0v) is 26.4. The predicted molar refractivity (Wildman–Crippen MR) is 168 cm³/mol. The Bertz CT molecular complexity index is 1930. The van der Waals surface area contributed by atoms with Gasteiger partial charge in [0.1, 0.15) is 18.5 Å². The van der Waals surface area contributed by atoms with E-state index in [0.717, 1.165) is 5.56 Å². The molecule has 11 heteroatoms. The van der Waals surface area contributed by atoms with E-state index in [1.807, 2.05) is 19.1 Å². The molecular weight excluding hydrogens is 599 g/mol. The van der Waals surface area contributed by atoms with Gasteiger partial charge in [-0.2, -0.15) is 0 Å². The Hall–Kier alpha value is -4.90. The third-order valence-electron chi connectivity index (χ3n) is 7.12. The maximum absolute atomic E-state index is 14.1. The van der Waals surface area contributed by atoms with Gasteiger partial charge in [0.2, 0.25) is 0 Å². The third-order valence-corrected chi connectivity index (χ3v) is 8.11. The monoisotopic (exact) mass is 632 g/mol. The van der Waals surface area contributed by atoms with Gasteiger partial charge in [-0.05, 0) is 68.3 Å². The number of rotatable bonds is 11. The van der Waals surface area contributed by atoms with Gasteiger partial charge in [-0.25, -0.2) is 14.2 Å². The van der Waals surface area contributed by atoms with Gasteiger partial charge in [0.15, 0.2) is 27.8 Å². The minimum absolute atomic E-state index is 0.161. The second kappa shape index (κ2) is 13.8. The van der Waals surface area contributed by atoms with E-state index in [4.69, 9.17) is 23.7 Å². The van der Waals surface area contributed by atoms with Crippen LogP contribution in [0.3, 0.4) is 0 Å². The number of nitrogens with zero attached hydrogens (tertiary/aromatic N) is 2. The minimum Gasteiger partial charge on any atom is -0.493 e. The zero-order chi connectivity index (χ0) is 32.1. The maximum Gasteiger partial charge on any atom is 0.338 e. The van der Waals surface area contributed by atoms with Gasteiger partial charge in [-0.15, -0.1) is 0 Å². The minimum atomic E-state index is -0.865. The average Bonchev–Trinajstić information content (AvgIpc) is 3.34. The first-order chi connectivity index (χ1) is 21.8. The van der Waals surface area contributed by atoms with Gasteiger partial charge < -0.3 is 23.7 Å². The van der Waals surface area contributed by atoms with Gasteiger partial charge in [-0.1, -0.05) is 41.7 Å². The Morgan fingerprint density at radius 3 is 2.42 bits per heavy atom. The summed E-state index contributed by atoms with van der Waals surface area (Å²) in [6, 6.07) is 15.9. The quantitative estimate of drug-likeness (QED) is 0.216.